The molecular weight excluding hydrogens is 231 g/mol. The van der Waals surface area contributed by atoms with Gasteiger partial charge in [-0.25, -0.2) is 13.2 Å². The van der Waals surface area contributed by atoms with Crippen molar-refractivity contribution in [3.8, 4) is 5.75 Å². The molecule has 0 radical (unpaired) electrons. The Morgan fingerprint density at radius 1 is 1.33 bits per heavy atom. The molecule has 2 N–H and O–H groups in total. The molecule has 1 aromatic carbocycles. The fourth-order valence-corrected chi connectivity index (χ4v) is 1.10. The summed E-state index contributed by atoms with van der Waals surface area (Å²) in [5, 5.41) is 0. The highest BCUT2D eigenvalue weighted by molar-refractivity contribution is 5.85. The number of hydrogen-bond donors (Lipinski definition) is 1. The molecule has 0 heterocycles. The van der Waals surface area contributed by atoms with Gasteiger partial charge in [-0.1, -0.05) is 0 Å². The monoisotopic (exact) mass is 241 g/mol. The first-order chi connectivity index (χ1) is 6.56. The van der Waals surface area contributed by atoms with E-state index < -0.39 is 18.3 Å². The zero-order valence-corrected chi connectivity index (χ0v) is 8.73. The van der Waals surface area contributed by atoms with Gasteiger partial charge in [-0.15, -0.1) is 12.4 Å². The maximum absolute atomic E-state index is 12.8. The van der Waals surface area contributed by atoms with E-state index in [1.165, 1.54) is 13.2 Å². The Bertz CT molecular complexity index is 322. The van der Waals surface area contributed by atoms with Gasteiger partial charge >= 0.3 is 0 Å². The van der Waals surface area contributed by atoms with Crippen molar-refractivity contribution in [2.24, 2.45) is 5.73 Å². The number of hydrogen-bond acceptors (Lipinski definition) is 2. The Morgan fingerprint density at radius 2 is 1.93 bits per heavy atom. The van der Waals surface area contributed by atoms with Crippen LogP contribution in [-0.4, -0.2) is 13.5 Å². The van der Waals surface area contributed by atoms with E-state index in [9.17, 15) is 13.2 Å². The van der Waals surface area contributed by atoms with Gasteiger partial charge in [0, 0.05) is 5.56 Å². The third kappa shape index (κ3) is 3.28. The lowest BCUT2D eigenvalue weighted by Gasteiger charge is -2.14. The van der Waals surface area contributed by atoms with E-state index in [4.69, 9.17) is 10.5 Å². The molecule has 0 aliphatic carbocycles. The smallest absolute Gasteiger partial charge is 0.257 e. The average molecular weight is 242 g/mol. The van der Waals surface area contributed by atoms with Crippen molar-refractivity contribution in [3.05, 3.63) is 29.6 Å². The van der Waals surface area contributed by atoms with Gasteiger partial charge in [0.2, 0.25) is 0 Å². The Balaban J connectivity index is 0.00000196. The van der Waals surface area contributed by atoms with Crippen LogP contribution in [0.3, 0.4) is 0 Å². The van der Waals surface area contributed by atoms with Crippen LogP contribution in [0.5, 0.6) is 5.75 Å². The third-order valence-corrected chi connectivity index (χ3v) is 1.82. The second-order valence-corrected chi connectivity index (χ2v) is 2.75. The Morgan fingerprint density at radius 3 is 2.40 bits per heavy atom. The zero-order valence-electron chi connectivity index (χ0n) is 7.91. The molecule has 0 aromatic heterocycles. The van der Waals surface area contributed by atoms with E-state index in [0.29, 0.717) is 0 Å². The third-order valence-electron chi connectivity index (χ3n) is 1.82. The van der Waals surface area contributed by atoms with Gasteiger partial charge in [0.1, 0.15) is 11.6 Å². The van der Waals surface area contributed by atoms with E-state index in [-0.39, 0.29) is 23.7 Å². The topological polar surface area (TPSA) is 35.2 Å². The predicted octanol–water partition coefficient (Wildman–Crippen LogP) is 2.52. The van der Waals surface area contributed by atoms with Gasteiger partial charge in [-0.3, -0.25) is 0 Å². The van der Waals surface area contributed by atoms with Gasteiger partial charge in [0.25, 0.3) is 6.43 Å². The molecule has 0 aliphatic heterocycles. The average Bonchev–Trinajstić information content (AvgIpc) is 2.16. The summed E-state index contributed by atoms with van der Waals surface area (Å²) in [5.74, 6) is -0.448. The minimum absolute atomic E-state index is 0. The lowest BCUT2D eigenvalue weighted by molar-refractivity contribution is 0.115. The largest absolute Gasteiger partial charge is 0.496 e. The van der Waals surface area contributed by atoms with Crippen LogP contribution in [0.25, 0.3) is 0 Å². The van der Waals surface area contributed by atoms with Gasteiger partial charge in [-0.2, -0.15) is 0 Å². The number of benzene rings is 1. The molecule has 86 valence electrons. The standard InChI is InChI=1S/C9H10F3NO.ClH/c1-14-7-3-2-5(10)4-6(7)8(13)9(11)12;/h2-4,8-9H,13H2,1H3;1H/t8-;/m0./s1. The summed E-state index contributed by atoms with van der Waals surface area (Å²) in [7, 11) is 1.31. The van der Waals surface area contributed by atoms with E-state index >= 15 is 0 Å². The van der Waals surface area contributed by atoms with Gasteiger partial charge in [-0.05, 0) is 18.2 Å². The molecule has 0 aliphatic rings. The van der Waals surface area contributed by atoms with Gasteiger partial charge in [0.15, 0.2) is 0 Å². The van der Waals surface area contributed by atoms with Crippen LogP contribution in [0.2, 0.25) is 0 Å². The molecule has 0 amide bonds. The fourth-order valence-electron chi connectivity index (χ4n) is 1.10. The fraction of sp³-hybridized carbons (Fsp3) is 0.333. The minimum atomic E-state index is -2.74. The van der Waals surface area contributed by atoms with Crippen LogP contribution in [0, 0.1) is 5.82 Å². The minimum Gasteiger partial charge on any atom is -0.496 e. The second kappa shape index (κ2) is 5.82. The molecule has 1 aromatic rings. The lowest BCUT2D eigenvalue weighted by atomic mass is 10.1. The second-order valence-electron chi connectivity index (χ2n) is 2.75. The van der Waals surface area contributed by atoms with Crippen LogP contribution < -0.4 is 10.5 Å². The number of halogens is 4. The summed E-state index contributed by atoms with van der Waals surface area (Å²) in [6.45, 7) is 0. The van der Waals surface area contributed by atoms with Crippen LogP contribution >= 0.6 is 12.4 Å². The number of alkyl halides is 2. The molecular formula is C9H11ClF3NO. The summed E-state index contributed by atoms with van der Waals surface area (Å²) < 4.78 is 42.1. The van der Waals surface area contributed by atoms with Crippen molar-refractivity contribution >= 4 is 12.4 Å². The first-order valence-corrected chi connectivity index (χ1v) is 3.93. The summed E-state index contributed by atoms with van der Waals surface area (Å²) in [6, 6.07) is 1.82. The summed E-state index contributed by atoms with van der Waals surface area (Å²) in [4.78, 5) is 0. The van der Waals surface area contributed by atoms with Gasteiger partial charge < -0.3 is 10.5 Å². The number of rotatable bonds is 3. The lowest BCUT2D eigenvalue weighted by Crippen LogP contribution is -2.19. The molecule has 0 spiro atoms. The predicted molar refractivity (Wildman–Crippen MR) is 53.1 cm³/mol. The maximum atomic E-state index is 12.8. The number of methoxy groups -OCH3 is 1. The number of nitrogens with two attached hydrogens (primary N) is 1. The highest BCUT2D eigenvalue weighted by atomic mass is 35.5. The maximum Gasteiger partial charge on any atom is 0.257 e. The molecule has 15 heavy (non-hydrogen) atoms. The highest BCUT2D eigenvalue weighted by Gasteiger charge is 2.21. The van der Waals surface area contributed by atoms with E-state index in [1.807, 2.05) is 0 Å². The molecule has 0 saturated carbocycles. The van der Waals surface area contributed by atoms with E-state index in [2.05, 4.69) is 0 Å². The molecule has 6 heteroatoms. The molecule has 2 nitrogen and oxygen atoms in total. The van der Waals surface area contributed by atoms with E-state index in [0.717, 1.165) is 12.1 Å². The number of ether oxygens (including phenoxy) is 1. The molecule has 0 unspecified atom stereocenters. The van der Waals surface area contributed by atoms with Crippen molar-refractivity contribution in [1.29, 1.82) is 0 Å². The Labute approximate surface area is 91.6 Å². The van der Waals surface area contributed by atoms with Crippen LogP contribution in [0.15, 0.2) is 18.2 Å². The molecule has 1 rings (SSSR count). The Hall–Kier alpha value is -0.940. The SMILES string of the molecule is COc1ccc(F)cc1[C@H](N)C(F)F.Cl. The molecule has 1 atom stereocenters. The first kappa shape index (κ1) is 14.1. The summed E-state index contributed by atoms with van der Waals surface area (Å²) in [6.07, 6.45) is -2.74. The first-order valence-electron chi connectivity index (χ1n) is 3.93. The van der Waals surface area contributed by atoms with Crippen molar-refractivity contribution in [3.63, 3.8) is 0 Å². The zero-order chi connectivity index (χ0) is 10.7. The molecule has 0 fully saturated rings. The van der Waals surface area contributed by atoms with Crippen molar-refractivity contribution < 1.29 is 17.9 Å². The normalized spacial score (nSPS) is 12.1. The van der Waals surface area contributed by atoms with Crippen LogP contribution in [0.4, 0.5) is 13.2 Å². The quantitative estimate of drug-likeness (QED) is 0.883. The van der Waals surface area contributed by atoms with Crippen molar-refractivity contribution in [2.45, 2.75) is 12.5 Å². The van der Waals surface area contributed by atoms with Gasteiger partial charge in [0.05, 0.1) is 13.2 Å². The molecule has 0 bridgehead atoms. The van der Waals surface area contributed by atoms with E-state index in [1.54, 1.807) is 0 Å². The Kier molecular flexibility index (Phi) is 5.46. The van der Waals surface area contributed by atoms with Crippen molar-refractivity contribution in [2.75, 3.05) is 7.11 Å². The summed E-state index contributed by atoms with van der Waals surface area (Å²) in [5.41, 5.74) is 5.16. The highest BCUT2D eigenvalue weighted by Crippen LogP contribution is 2.27. The van der Waals surface area contributed by atoms with Crippen LogP contribution in [-0.2, 0) is 0 Å². The molecule has 0 saturated heterocycles. The van der Waals surface area contributed by atoms with Crippen LogP contribution in [0.1, 0.15) is 11.6 Å². The summed E-state index contributed by atoms with van der Waals surface area (Å²) >= 11 is 0. The van der Waals surface area contributed by atoms with Crippen molar-refractivity contribution in [1.82, 2.24) is 0 Å².